The summed E-state index contributed by atoms with van der Waals surface area (Å²) >= 11 is 2.54. The van der Waals surface area contributed by atoms with Gasteiger partial charge in [-0.1, -0.05) is 32.1 Å². The van der Waals surface area contributed by atoms with Gasteiger partial charge < -0.3 is 20.6 Å². The maximum atomic E-state index is 13.9. The summed E-state index contributed by atoms with van der Waals surface area (Å²) in [5.74, 6) is -1.61. The number of nitrogens with one attached hydrogen (secondary N) is 1. The Kier molecular flexibility index (Phi) is 9.56. The average Bonchev–Trinajstić information content (AvgIpc) is 3.76. The number of hydrogen-bond donors (Lipinski definition) is 3. The summed E-state index contributed by atoms with van der Waals surface area (Å²) in [6.45, 7) is 7.29. The predicted octanol–water partition coefficient (Wildman–Crippen LogP) is 4.12. The molecule has 5 aromatic rings. The number of hydrogen-bond acceptors (Lipinski definition) is 12. The maximum absolute atomic E-state index is 13.9. The van der Waals surface area contributed by atoms with Crippen molar-refractivity contribution in [2.45, 2.75) is 26.2 Å². The summed E-state index contributed by atoms with van der Waals surface area (Å²) in [6.07, 6.45) is 10.2. The molecule has 0 atom stereocenters. The minimum atomic E-state index is -1.23. The molecule has 2 amide bonds. The fourth-order valence-corrected chi connectivity index (χ4v) is 6.86. The number of thiazole rings is 2. The normalized spacial score (nSPS) is 14.0. The first kappa shape index (κ1) is 34.1. The van der Waals surface area contributed by atoms with Crippen LogP contribution in [0, 0.1) is 0 Å². The van der Waals surface area contributed by atoms with Crippen LogP contribution in [-0.2, 0) is 15.0 Å². The molecule has 6 heterocycles. The summed E-state index contributed by atoms with van der Waals surface area (Å²) in [5, 5.41) is 14.9. The molecule has 0 saturated carbocycles. The van der Waals surface area contributed by atoms with Crippen LogP contribution in [-0.4, -0.2) is 78.3 Å². The summed E-state index contributed by atoms with van der Waals surface area (Å²) in [6, 6.07) is 6.58. The SMILES string of the molecule is CC(C)(C)c1csc(NC(=O)c2ccn3c(=O)c(/C=C/C(=O)O)c(N4CCN(C(=O)/C(=C\c5ccncc5)c5cnc(N)s5)CC4)nc3c2)n1. The fourth-order valence-electron chi connectivity index (χ4n) is 5.24. The Balaban J connectivity index is 1.28. The van der Waals surface area contributed by atoms with Gasteiger partial charge in [0.15, 0.2) is 10.3 Å². The highest BCUT2D eigenvalue weighted by Crippen LogP contribution is 2.29. The number of carbonyl (C=O) groups excluding carboxylic acids is 2. The first-order valence-corrected chi connectivity index (χ1v) is 17.2. The molecule has 0 unspecified atom stereocenters. The van der Waals surface area contributed by atoms with Crippen molar-refractivity contribution in [1.82, 2.24) is 29.2 Å². The summed E-state index contributed by atoms with van der Waals surface area (Å²) in [5.41, 5.74) is 7.82. The number of carbonyl (C=O) groups is 3. The molecule has 14 nitrogen and oxygen atoms in total. The van der Waals surface area contributed by atoms with Crippen molar-refractivity contribution >= 4 is 79.9 Å². The Bertz CT molecular complexity index is 2210. The number of nitrogen functional groups attached to an aromatic ring is 1. The standard InChI is InChI=1S/C34H33N9O5S2/c1-34(2,3)25-19-49-33(38-25)40-29(46)21-8-11-43-26(17-21)39-28(22(31(43)48)4-5-27(44)45)41-12-14-42(15-13-41)30(47)23(24-18-37-32(35)50-24)16-20-6-9-36-10-7-20/h4-11,16-19H,12-15H2,1-3H3,(H2,35,37)(H,44,45)(H,38,40,46)/b5-4+,23-16-. The van der Waals surface area contributed by atoms with E-state index < -0.39 is 17.4 Å². The van der Waals surface area contributed by atoms with E-state index in [0.717, 1.165) is 17.3 Å². The number of carboxylic acid groups (broad SMARTS) is 1. The molecule has 0 radical (unpaired) electrons. The third-order valence-corrected chi connectivity index (χ3v) is 9.51. The molecule has 50 heavy (non-hydrogen) atoms. The van der Waals surface area contributed by atoms with E-state index in [0.29, 0.717) is 33.8 Å². The summed E-state index contributed by atoms with van der Waals surface area (Å²) < 4.78 is 1.26. The maximum Gasteiger partial charge on any atom is 0.328 e. The van der Waals surface area contributed by atoms with E-state index in [1.807, 2.05) is 31.1 Å². The molecular weight excluding hydrogens is 679 g/mol. The van der Waals surface area contributed by atoms with Crippen LogP contribution in [0.5, 0.6) is 0 Å². The summed E-state index contributed by atoms with van der Waals surface area (Å²) in [4.78, 5) is 73.9. The smallest absolute Gasteiger partial charge is 0.328 e. The Morgan fingerprint density at radius 2 is 1.80 bits per heavy atom. The Morgan fingerprint density at radius 3 is 2.44 bits per heavy atom. The number of aromatic nitrogens is 5. The zero-order valence-corrected chi connectivity index (χ0v) is 29.0. The highest BCUT2D eigenvalue weighted by Gasteiger charge is 2.28. The molecule has 1 aliphatic rings. The number of amides is 2. The Labute approximate surface area is 294 Å². The minimum Gasteiger partial charge on any atom is -0.478 e. The number of carboxylic acids is 1. The van der Waals surface area contributed by atoms with Gasteiger partial charge in [-0.05, 0) is 42.0 Å². The molecule has 16 heteroatoms. The second-order valence-corrected chi connectivity index (χ2v) is 14.3. The third kappa shape index (κ3) is 7.45. The van der Waals surface area contributed by atoms with E-state index in [2.05, 4.69) is 20.3 Å². The van der Waals surface area contributed by atoms with Crippen molar-refractivity contribution in [3.63, 3.8) is 0 Å². The molecule has 0 spiro atoms. The predicted molar refractivity (Wildman–Crippen MR) is 194 cm³/mol. The number of aliphatic carboxylic acids is 1. The Hall–Kier alpha value is -5.74. The molecule has 4 N–H and O–H groups in total. The van der Waals surface area contributed by atoms with Crippen molar-refractivity contribution in [1.29, 1.82) is 0 Å². The zero-order chi connectivity index (χ0) is 35.6. The van der Waals surface area contributed by atoms with Crippen molar-refractivity contribution in [3.05, 3.63) is 98.1 Å². The lowest BCUT2D eigenvalue weighted by atomic mass is 9.93. The summed E-state index contributed by atoms with van der Waals surface area (Å²) in [7, 11) is 0. The molecule has 0 aliphatic carbocycles. The minimum absolute atomic E-state index is 0.0674. The lowest BCUT2D eigenvalue weighted by Crippen LogP contribution is -2.49. The van der Waals surface area contributed by atoms with Crippen molar-refractivity contribution in [3.8, 4) is 0 Å². The van der Waals surface area contributed by atoms with Gasteiger partial charge in [0.1, 0.15) is 11.5 Å². The van der Waals surface area contributed by atoms with Crippen LogP contribution in [0.4, 0.5) is 16.1 Å². The van der Waals surface area contributed by atoms with Gasteiger partial charge in [0.2, 0.25) is 0 Å². The van der Waals surface area contributed by atoms with Gasteiger partial charge in [0, 0.05) is 73.4 Å². The quantitative estimate of drug-likeness (QED) is 0.196. The molecule has 1 aliphatic heterocycles. The van der Waals surface area contributed by atoms with Crippen LogP contribution in [0.25, 0.3) is 23.4 Å². The van der Waals surface area contributed by atoms with Crippen molar-refractivity contribution < 1.29 is 19.5 Å². The highest BCUT2D eigenvalue weighted by atomic mass is 32.1. The van der Waals surface area contributed by atoms with Crippen molar-refractivity contribution in [2.75, 3.05) is 42.1 Å². The molecule has 256 valence electrons. The number of nitrogens with two attached hydrogens (primary N) is 1. The van der Waals surface area contributed by atoms with E-state index in [-0.39, 0.29) is 47.0 Å². The van der Waals surface area contributed by atoms with Gasteiger partial charge in [-0.25, -0.2) is 19.7 Å². The van der Waals surface area contributed by atoms with Crippen LogP contribution in [0.15, 0.2) is 65.3 Å². The van der Waals surface area contributed by atoms with E-state index in [1.54, 1.807) is 41.7 Å². The van der Waals surface area contributed by atoms with Crippen LogP contribution >= 0.6 is 22.7 Å². The molecule has 0 bridgehead atoms. The van der Waals surface area contributed by atoms with Gasteiger partial charge >= 0.3 is 5.97 Å². The number of nitrogens with zero attached hydrogens (tertiary/aromatic N) is 7. The van der Waals surface area contributed by atoms with Crippen LogP contribution < -0.4 is 21.5 Å². The molecule has 1 saturated heterocycles. The van der Waals surface area contributed by atoms with Crippen LogP contribution in [0.2, 0.25) is 0 Å². The topological polar surface area (TPSA) is 189 Å². The monoisotopic (exact) mass is 711 g/mol. The number of rotatable bonds is 8. The number of piperazine rings is 1. The number of pyridine rings is 2. The average molecular weight is 712 g/mol. The molecule has 6 rings (SSSR count). The van der Waals surface area contributed by atoms with Gasteiger partial charge in [0.05, 0.1) is 21.7 Å². The largest absolute Gasteiger partial charge is 0.478 e. The number of fused-ring (bicyclic) bond motifs is 1. The first-order chi connectivity index (χ1) is 23.9. The third-order valence-electron chi connectivity index (χ3n) is 7.90. The fraction of sp³-hybridized carbons (Fsp3) is 0.235. The van der Waals surface area contributed by atoms with E-state index in [1.165, 1.54) is 51.5 Å². The van der Waals surface area contributed by atoms with Gasteiger partial charge in [-0.3, -0.25) is 29.1 Å². The lowest BCUT2D eigenvalue weighted by molar-refractivity contribution is -0.131. The highest BCUT2D eigenvalue weighted by molar-refractivity contribution is 7.16. The zero-order valence-electron chi connectivity index (χ0n) is 27.4. The molecule has 1 fully saturated rings. The van der Waals surface area contributed by atoms with Gasteiger partial charge in [0.25, 0.3) is 17.4 Å². The second kappa shape index (κ2) is 14.0. The number of anilines is 3. The van der Waals surface area contributed by atoms with E-state index in [4.69, 9.17) is 10.7 Å². The van der Waals surface area contributed by atoms with Crippen molar-refractivity contribution in [2.24, 2.45) is 0 Å². The van der Waals surface area contributed by atoms with Crippen LogP contribution in [0.3, 0.4) is 0 Å². The Morgan fingerprint density at radius 1 is 1.06 bits per heavy atom. The van der Waals surface area contributed by atoms with Gasteiger partial charge in [-0.15, -0.1) is 11.3 Å². The lowest BCUT2D eigenvalue weighted by Gasteiger charge is -2.36. The van der Waals surface area contributed by atoms with Gasteiger partial charge in [-0.2, -0.15) is 0 Å². The van der Waals surface area contributed by atoms with E-state index >= 15 is 0 Å². The van der Waals surface area contributed by atoms with Crippen LogP contribution in [0.1, 0.15) is 52.8 Å². The molecule has 0 aromatic carbocycles. The molecule has 5 aromatic heterocycles. The van der Waals surface area contributed by atoms with E-state index in [9.17, 15) is 24.3 Å². The first-order valence-electron chi connectivity index (χ1n) is 15.5. The molecular formula is C34H33N9O5S2. The second-order valence-electron chi connectivity index (χ2n) is 12.4.